The van der Waals surface area contributed by atoms with Crippen molar-refractivity contribution in [1.82, 2.24) is 10.1 Å². The summed E-state index contributed by atoms with van der Waals surface area (Å²) >= 11 is 4.84. The molecule has 1 amide bonds. The van der Waals surface area contributed by atoms with Crippen LogP contribution in [0.5, 0.6) is 11.5 Å². The fourth-order valence-corrected chi connectivity index (χ4v) is 5.07. The summed E-state index contributed by atoms with van der Waals surface area (Å²) < 4.78 is 12.8. The van der Waals surface area contributed by atoms with Gasteiger partial charge >= 0.3 is 17.2 Å². The molecule has 0 bridgehead atoms. The van der Waals surface area contributed by atoms with Gasteiger partial charge in [-0.15, -0.1) is 0 Å². The third kappa shape index (κ3) is 4.21. The van der Waals surface area contributed by atoms with Crippen LogP contribution in [0.1, 0.15) is 32.5 Å². The number of halogens is 1. The number of carbonyl (C=O) groups excluding carboxylic acids is 2. The molecule has 0 aliphatic carbocycles. The van der Waals surface area contributed by atoms with E-state index in [0.29, 0.717) is 37.9 Å². The summed E-state index contributed by atoms with van der Waals surface area (Å²) in [6.07, 6.45) is -0.794. The number of carbonyl (C=O) groups is 2. The minimum atomic E-state index is -0.794. The zero-order valence-electron chi connectivity index (χ0n) is 18.9. The first-order chi connectivity index (χ1) is 16.3. The molecule has 0 saturated heterocycles. The highest BCUT2D eigenvalue weighted by molar-refractivity contribution is 9.10. The number of aromatic nitrogens is 3. The largest absolute Gasteiger partial charge is 0.493 e. The van der Waals surface area contributed by atoms with Gasteiger partial charge in [-0.25, -0.2) is 4.90 Å². The Hall–Kier alpha value is -3.18. The molecular weight excluding hydrogens is 524 g/mol. The zero-order valence-corrected chi connectivity index (χ0v) is 21.3. The van der Waals surface area contributed by atoms with Crippen molar-refractivity contribution in [3.63, 3.8) is 0 Å². The minimum absolute atomic E-state index is 0.218. The van der Waals surface area contributed by atoms with E-state index >= 15 is 0 Å². The smallest absolute Gasteiger partial charge is 0.325 e. The number of fused-ring (bicyclic) bond motifs is 3. The number of ether oxygens (including phenoxy) is 2. The number of nitrogens with one attached hydrogen (secondary N) is 1. The molecule has 2 aromatic carbocycles. The fourth-order valence-electron chi connectivity index (χ4n) is 3.95. The molecule has 1 aliphatic heterocycles. The second-order valence-electron chi connectivity index (χ2n) is 7.39. The maximum Gasteiger partial charge on any atom is 0.325 e. The molecule has 11 heteroatoms. The topological polar surface area (TPSA) is 105 Å². The molecular formula is C23H22BrN4O5S+. The predicted molar refractivity (Wildman–Crippen MR) is 130 cm³/mol. The number of hydrogen-bond donors (Lipinski definition) is 1. The number of anilines is 1. The number of hydrogen-bond acceptors (Lipinski definition) is 7. The standard InChI is InChI=1S/C23H21BrN4O5S/c1-5-34-23-25-21(31)19-15-8-6-7-9-17(15)27(12(2)29)22(28(19)26-23)14-10-16(24)20(33-13(3)30)18(11-14)32-4/h6-11,22H,5H2,1-4H3/p+1. The summed E-state index contributed by atoms with van der Waals surface area (Å²) in [4.78, 5) is 42.2. The lowest BCUT2D eigenvalue weighted by atomic mass is 10.0. The summed E-state index contributed by atoms with van der Waals surface area (Å²) in [5.41, 5.74) is 1.80. The van der Waals surface area contributed by atoms with Gasteiger partial charge in [-0.3, -0.25) is 19.4 Å². The number of methoxy groups -OCH3 is 1. The molecule has 0 spiro atoms. The number of amides is 1. The van der Waals surface area contributed by atoms with Gasteiger partial charge in [0.2, 0.25) is 11.1 Å². The Bertz CT molecular complexity index is 1360. The van der Waals surface area contributed by atoms with Crippen molar-refractivity contribution < 1.29 is 23.7 Å². The van der Waals surface area contributed by atoms with E-state index in [1.807, 2.05) is 19.1 Å². The molecule has 1 atom stereocenters. The maximum absolute atomic E-state index is 13.2. The number of rotatable bonds is 5. The van der Waals surface area contributed by atoms with Crippen LogP contribution in [-0.2, 0) is 9.59 Å². The fraction of sp³-hybridized carbons (Fsp3) is 0.261. The third-order valence-corrected chi connectivity index (χ3v) is 6.51. The van der Waals surface area contributed by atoms with Crippen LogP contribution in [0.25, 0.3) is 11.3 Å². The molecule has 0 saturated carbocycles. The van der Waals surface area contributed by atoms with Crippen molar-refractivity contribution in [1.29, 1.82) is 0 Å². The second-order valence-corrected chi connectivity index (χ2v) is 9.50. The van der Waals surface area contributed by atoms with Crippen molar-refractivity contribution in [2.24, 2.45) is 0 Å². The number of esters is 1. The lowest BCUT2D eigenvalue weighted by Crippen LogP contribution is -2.60. The lowest BCUT2D eigenvalue weighted by molar-refractivity contribution is -0.763. The van der Waals surface area contributed by atoms with Gasteiger partial charge in [0.1, 0.15) is 0 Å². The summed E-state index contributed by atoms with van der Waals surface area (Å²) in [6.45, 7) is 4.72. The van der Waals surface area contributed by atoms with E-state index in [2.05, 4.69) is 20.9 Å². The van der Waals surface area contributed by atoms with E-state index in [0.717, 1.165) is 0 Å². The van der Waals surface area contributed by atoms with Crippen LogP contribution in [0, 0.1) is 0 Å². The number of H-pyrrole nitrogens is 1. The second kappa shape index (κ2) is 9.59. The first-order valence-electron chi connectivity index (χ1n) is 10.4. The first-order valence-corrected chi connectivity index (χ1v) is 12.2. The molecule has 1 unspecified atom stereocenters. The van der Waals surface area contributed by atoms with E-state index in [1.54, 1.807) is 33.8 Å². The molecule has 0 fully saturated rings. The molecule has 176 valence electrons. The van der Waals surface area contributed by atoms with Crippen LogP contribution in [0.4, 0.5) is 5.69 Å². The van der Waals surface area contributed by atoms with Gasteiger partial charge in [-0.1, -0.05) is 30.8 Å². The molecule has 1 N–H and O–H groups in total. The molecule has 4 rings (SSSR count). The average molecular weight is 546 g/mol. The van der Waals surface area contributed by atoms with Crippen molar-refractivity contribution in [2.75, 3.05) is 17.8 Å². The highest BCUT2D eigenvalue weighted by atomic mass is 79.9. The number of benzene rings is 2. The Labute approximate surface area is 208 Å². The van der Waals surface area contributed by atoms with E-state index in [4.69, 9.17) is 14.6 Å². The molecule has 0 radical (unpaired) electrons. The third-order valence-electron chi connectivity index (χ3n) is 5.17. The summed E-state index contributed by atoms with van der Waals surface area (Å²) in [7, 11) is 1.46. The van der Waals surface area contributed by atoms with E-state index in [9.17, 15) is 14.4 Å². The number of nitrogens with zero attached hydrogens (tertiary/aromatic N) is 3. The van der Waals surface area contributed by atoms with Crippen LogP contribution in [0.3, 0.4) is 0 Å². The van der Waals surface area contributed by atoms with Crippen LogP contribution in [0.2, 0.25) is 0 Å². The Kier molecular flexibility index (Phi) is 6.76. The molecule has 3 aromatic rings. The van der Waals surface area contributed by atoms with Crippen molar-refractivity contribution in [3.8, 4) is 22.8 Å². The number of para-hydroxylation sites is 1. The zero-order chi connectivity index (χ0) is 24.6. The first kappa shape index (κ1) is 24.0. The monoisotopic (exact) mass is 545 g/mol. The molecule has 9 nitrogen and oxygen atoms in total. The van der Waals surface area contributed by atoms with Crippen LogP contribution in [0.15, 0.2) is 50.8 Å². The predicted octanol–water partition coefficient (Wildman–Crippen LogP) is 3.45. The van der Waals surface area contributed by atoms with E-state index < -0.39 is 12.1 Å². The van der Waals surface area contributed by atoms with Crippen molar-refractivity contribution >= 4 is 45.3 Å². The number of thioether (sulfide) groups is 1. The summed E-state index contributed by atoms with van der Waals surface area (Å²) in [5, 5.41) is 5.13. The molecule has 2 heterocycles. The quantitative estimate of drug-likeness (QED) is 0.226. The maximum atomic E-state index is 13.2. The average Bonchev–Trinajstić information content (AvgIpc) is 2.78. The van der Waals surface area contributed by atoms with Gasteiger partial charge in [-0.2, -0.15) is 0 Å². The van der Waals surface area contributed by atoms with Crippen LogP contribution in [-0.4, -0.2) is 34.8 Å². The van der Waals surface area contributed by atoms with Crippen molar-refractivity contribution in [2.45, 2.75) is 32.1 Å². The Morgan fingerprint density at radius 2 is 2.00 bits per heavy atom. The SMILES string of the molecule is CCSc1n[n+]2c(c(=O)[nH]1)-c1ccccc1N(C(C)=O)C2c1cc(Br)c(OC(C)=O)c(OC)c1. The molecule has 34 heavy (non-hydrogen) atoms. The van der Waals surface area contributed by atoms with Gasteiger partial charge in [0.25, 0.3) is 6.17 Å². The molecule has 1 aromatic heterocycles. The van der Waals surface area contributed by atoms with Gasteiger partial charge in [-0.05, 0) is 50.6 Å². The van der Waals surface area contributed by atoms with Crippen molar-refractivity contribution in [3.05, 3.63) is 56.8 Å². The minimum Gasteiger partial charge on any atom is -0.493 e. The van der Waals surface area contributed by atoms with E-state index in [-0.39, 0.29) is 23.0 Å². The van der Waals surface area contributed by atoms with Gasteiger partial charge < -0.3 is 9.47 Å². The molecule has 1 aliphatic rings. The Balaban J connectivity index is 2.04. The lowest BCUT2D eigenvalue weighted by Gasteiger charge is -2.31. The van der Waals surface area contributed by atoms with Crippen LogP contribution >= 0.6 is 27.7 Å². The Morgan fingerprint density at radius 3 is 2.65 bits per heavy atom. The van der Waals surface area contributed by atoms with Gasteiger partial charge in [0.15, 0.2) is 11.5 Å². The van der Waals surface area contributed by atoms with Gasteiger partial charge in [0, 0.05) is 18.9 Å². The summed E-state index contributed by atoms with van der Waals surface area (Å²) in [5.74, 6) is 0.475. The normalized spacial score (nSPS) is 14.3. The van der Waals surface area contributed by atoms with Crippen LogP contribution < -0.4 is 24.6 Å². The number of aromatic amines is 1. The van der Waals surface area contributed by atoms with Gasteiger partial charge in [0.05, 0.1) is 28.4 Å². The summed E-state index contributed by atoms with van der Waals surface area (Å²) in [6, 6.07) is 10.6. The highest BCUT2D eigenvalue weighted by Crippen LogP contribution is 2.42. The Morgan fingerprint density at radius 1 is 1.26 bits per heavy atom. The van der Waals surface area contributed by atoms with E-state index in [1.165, 1.54) is 32.7 Å². The highest BCUT2D eigenvalue weighted by Gasteiger charge is 2.45.